The topological polar surface area (TPSA) is 38.1 Å². The maximum absolute atomic E-state index is 14.2. The first-order valence-corrected chi connectivity index (χ1v) is 10.2. The number of benzene rings is 1. The summed E-state index contributed by atoms with van der Waals surface area (Å²) in [4.78, 5) is 21.3. The molecule has 0 atom stereocenters. The van der Waals surface area contributed by atoms with Crippen LogP contribution in [0.15, 0.2) is 30.3 Å². The number of halogens is 1. The fourth-order valence-electron chi connectivity index (χ4n) is 3.29. The van der Waals surface area contributed by atoms with Crippen molar-refractivity contribution >= 4 is 28.3 Å². The smallest absolute Gasteiger partial charge is 0.264 e. The molecular weight excluding hydrogens is 361 g/mol. The van der Waals surface area contributed by atoms with Crippen LogP contribution in [-0.2, 0) is 13.1 Å². The lowest BCUT2D eigenvalue weighted by molar-refractivity contribution is 0.0721. The average molecular weight is 388 g/mol. The van der Waals surface area contributed by atoms with Crippen LogP contribution in [0.3, 0.4) is 0 Å². The highest BCUT2D eigenvalue weighted by molar-refractivity contribution is 7.13. The van der Waals surface area contributed by atoms with E-state index in [1.807, 2.05) is 34.6 Å². The van der Waals surface area contributed by atoms with E-state index in [2.05, 4.69) is 25.8 Å². The summed E-state index contributed by atoms with van der Waals surface area (Å²) in [6.45, 7) is 10.0. The largest absolute Gasteiger partial charge is 0.330 e. The summed E-state index contributed by atoms with van der Waals surface area (Å²) in [6, 6.07) is 8.88. The van der Waals surface area contributed by atoms with Gasteiger partial charge in [-0.1, -0.05) is 26.8 Å². The van der Waals surface area contributed by atoms with Gasteiger partial charge in [0.2, 0.25) is 0 Å². The van der Waals surface area contributed by atoms with Gasteiger partial charge in [-0.3, -0.25) is 4.79 Å². The van der Waals surface area contributed by atoms with Gasteiger partial charge in [0.15, 0.2) is 5.82 Å². The van der Waals surface area contributed by atoms with E-state index in [9.17, 15) is 9.18 Å². The fraction of sp³-hybridized carbons (Fsp3) is 0.429. The molecule has 3 aromatic rings. The van der Waals surface area contributed by atoms with E-state index in [-0.39, 0.29) is 11.7 Å². The molecule has 4 nitrogen and oxygen atoms in total. The molecule has 0 spiro atoms. The summed E-state index contributed by atoms with van der Waals surface area (Å²) in [5.74, 6) is 0.756. The van der Waals surface area contributed by atoms with Gasteiger partial charge in [-0.05, 0) is 43.5 Å². The van der Waals surface area contributed by atoms with Crippen LogP contribution in [0.2, 0.25) is 0 Å². The Morgan fingerprint density at radius 2 is 2.07 bits per heavy atom. The lowest BCUT2D eigenvalue weighted by Crippen LogP contribution is -2.34. The second kappa shape index (κ2) is 8.21. The quantitative estimate of drug-likeness (QED) is 0.555. The van der Waals surface area contributed by atoms with Crippen molar-refractivity contribution in [2.24, 2.45) is 5.92 Å². The Bertz CT molecular complexity index is 944. The van der Waals surface area contributed by atoms with Crippen molar-refractivity contribution < 1.29 is 9.18 Å². The van der Waals surface area contributed by atoms with Crippen molar-refractivity contribution in [3.05, 3.63) is 51.7 Å². The number of amides is 1. The number of para-hydroxylation sites is 1. The van der Waals surface area contributed by atoms with Crippen LogP contribution in [0.25, 0.3) is 11.0 Å². The number of aryl methyl sites for hydroxylation is 2. The second-order valence-corrected chi connectivity index (χ2v) is 8.56. The van der Waals surface area contributed by atoms with Gasteiger partial charge in [-0.2, -0.15) is 0 Å². The summed E-state index contributed by atoms with van der Waals surface area (Å²) in [7, 11) is 0. The van der Waals surface area contributed by atoms with Crippen LogP contribution in [-0.4, -0.2) is 26.9 Å². The number of fused-ring (bicyclic) bond motifs is 1. The molecule has 0 fully saturated rings. The molecule has 0 unspecified atom stereocenters. The monoisotopic (exact) mass is 387 g/mol. The molecule has 0 radical (unpaired) electrons. The first-order chi connectivity index (χ1) is 12.9. The number of rotatable bonds is 7. The second-order valence-electron chi connectivity index (χ2n) is 7.28. The minimum absolute atomic E-state index is 0.0115. The Kier molecular flexibility index (Phi) is 5.95. The van der Waals surface area contributed by atoms with Crippen LogP contribution in [0, 0.1) is 18.7 Å². The number of aromatic nitrogens is 2. The SMILES string of the molecule is CCCn1c(CN(CC(C)C)C(=O)c2ccc(C)s2)nc2c(F)cccc21. The molecule has 1 aromatic carbocycles. The summed E-state index contributed by atoms with van der Waals surface area (Å²) in [6.07, 6.45) is 0.914. The number of thiophene rings is 1. The van der Waals surface area contributed by atoms with Crippen molar-refractivity contribution in [1.82, 2.24) is 14.5 Å². The third kappa shape index (κ3) is 4.21. The molecule has 6 heteroatoms. The first kappa shape index (κ1) is 19.5. The molecule has 1 amide bonds. The molecule has 0 aliphatic carbocycles. The van der Waals surface area contributed by atoms with Gasteiger partial charge in [0.05, 0.1) is 16.9 Å². The van der Waals surface area contributed by atoms with Gasteiger partial charge in [0, 0.05) is 18.0 Å². The molecule has 2 aromatic heterocycles. The van der Waals surface area contributed by atoms with Crippen LogP contribution in [0.5, 0.6) is 0 Å². The van der Waals surface area contributed by atoms with Crippen LogP contribution >= 0.6 is 11.3 Å². The molecular formula is C21H26FN3OS. The lowest BCUT2D eigenvalue weighted by Gasteiger charge is -2.24. The number of imidazole rings is 1. The van der Waals surface area contributed by atoms with Gasteiger partial charge in [0.1, 0.15) is 11.3 Å². The first-order valence-electron chi connectivity index (χ1n) is 9.40. The number of carbonyl (C=O) groups is 1. The minimum atomic E-state index is -0.320. The number of hydrogen-bond donors (Lipinski definition) is 0. The Balaban J connectivity index is 1.99. The van der Waals surface area contributed by atoms with E-state index in [4.69, 9.17) is 0 Å². The summed E-state index contributed by atoms with van der Waals surface area (Å²) >= 11 is 1.51. The lowest BCUT2D eigenvalue weighted by atomic mass is 10.2. The van der Waals surface area contributed by atoms with E-state index in [1.54, 1.807) is 6.07 Å². The maximum atomic E-state index is 14.2. The standard InChI is InChI=1S/C21H26FN3OS/c1-5-11-25-17-8-6-7-16(22)20(17)23-19(25)13-24(12-14(2)3)21(26)18-10-9-15(4)27-18/h6-10,14H,5,11-13H2,1-4H3. The zero-order valence-corrected chi connectivity index (χ0v) is 17.1. The molecule has 0 saturated carbocycles. The molecule has 27 heavy (non-hydrogen) atoms. The Labute approximate surface area is 163 Å². The predicted octanol–water partition coefficient (Wildman–Crippen LogP) is 5.25. The van der Waals surface area contributed by atoms with E-state index in [1.165, 1.54) is 17.4 Å². The Hall–Kier alpha value is -2.21. The number of carbonyl (C=O) groups excluding carboxylic acids is 1. The average Bonchev–Trinajstić information content (AvgIpc) is 3.19. The highest BCUT2D eigenvalue weighted by Crippen LogP contribution is 2.23. The maximum Gasteiger partial charge on any atom is 0.264 e. The highest BCUT2D eigenvalue weighted by atomic mass is 32.1. The van der Waals surface area contributed by atoms with Crippen LogP contribution in [0.4, 0.5) is 4.39 Å². The normalized spacial score (nSPS) is 11.5. The third-order valence-electron chi connectivity index (χ3n) is 4.41. The Morgan fingerprint density at radius 3 is 2.70 bits per heavy atom. The van der Waals surface area contributed by atoms with Crippen molar-refractivity contribution in [3.8, 4) is 0 Å². The molecule has 144 valence electrons. The molecule has 0 aliphatic heterocycles. The molecule has 0 N–H and O–H groups in total. The van der Waals surface area contributed by atoms with Gasteiger partial charge < -0.3 is 9.47 Å². The van der Waals surface area contributed by atoms with Gasteiger partial charge in [0.25, 0.3) is 5.91 Å². The molecule has 0 aliphatic rings. The zero-order valence-electron chi connectivity index (χ0n) is 16.3. The van der Waals surface area contributed by atoms with E-state index in [0.29, 0.717) is 24.5 Å². The Morgan fingerprint density at radius 1 is 1.30 bits per heavy atom. The molecule has 2 heterocycles. The van der Waals surface area contributed by atoms with Crippen LogP contribution in [0.1, 0.15) is 47.6 Å². The third-order valence-corrected chi connectivity index (χ3v) is 5.40. The summed E-state index contributed by atoms with van der Waals surface area (Å²) < 4.78 is 16.3. The van der Waals surface area contributed by atoms with E-state index < -0.39 is 0 Å². The number of hydrogen-bond acceptors (Lipinski definition) is 3. The molecule has 0 saturated heterocycles. The van der Waals surface area contributed by atoms with E-state index >= 15 is 0 Å². The van der Waals surface area contributed by atoms with Crippen molar-refractivity contribution in [3.63, 3.8) is 0 Å². The highest BCUT2D eigenvalue weighted by Gasteiger charge is 2.22. The van der Waals surface area contributed by atoms with Crippen molar-refractivity contribution in [1.29, 1.82) is 0 Å². The van der Waals surface area contributed by atoms with Crippen molar-refractivity contribution in [2.45, 2.75) is 47.2 Å². The fourth-order valence-corrected chi connectivity index (χ4v) is 4.13. The molecule has 3 rings (SSSR count). The van der Waals surface area contributed by atoms with Gasteiger partial charge >= 0.3 is 0 Å². The van der Waals surface area contributed by atoms with Crippen LogP contribution < -0.4 is 0 Å². The molecule has 0 bridgehead atoms. The zero-order chi connectivity index (χ0) is 19.6. The minimum Gasteiger partial charge on any atom is -0.330 e. The number of nitrogens with zero attached hydrogens (tertiary/aromatic N) is 3. The predicted molar refractivity (Wildman–Crippen MR) is 109 cm³/mol. The van der Waals surface area contributed by atoms with Gasteiger partial charge in [-0.25, -0.2) is 9.37 Å². The van der Waals surface area contributed by atoms with E-state index in [0.717, 1.165) is 34.1 Å². The summed E-state index contributed by atoms with van der Waals surface area (Å²) in [5, 5.41) is 0. The van der Waals surface area contributed by atoms with Gasteiger partial charge in [-0.15, -0.1) is 11.3 Å². The summed E-state index contributed by atoms with van der Waals surface area (Å²) in [5.41, 5.74) is 1.17. The van der Waals surface area contributed by atoms with Crippen molar-refractivity contribution in [2.75, 3.05) is 6.54 Å².